The zero-order chi connectivity index (χ0) is 23.3. The Kier molecular flexibility index (Phi) is 7.41. The fourth-order valence-electron chi connectivity index (χ4n) is 3.64. The number of fused-ring (bicyclic) bond motifs is 1. The smallest absolute Gasteiger partial charge is 0.347 e. The molecule has 0 amide bonds. The third-order valence-electron chi connectivity index (χ3n) is 5.50. The van der Waals surface area contributed by atoms with E-state index in [-0.39, 0.29) is 22.6 Å². The van der Waals surface area contributed by atoms with Gasteiger partial charge in [0.1, 0.15) is 28.4 Å². The van der Waals surface area contributed by atoms with E-state index in [1.165, 1.54) is 11.6 Å². The van der Waals surface area contributed by atoms with E-state index < -0.39 is 5.63 Å². The molecule has 0 saturated heterocycles. The van der Waals surface area contributed by atoms with Gasteiger partial charge in [0.05, 0.1) is 0 Å². The first-order valence-electron chi connectivity index (χ1n) is 10.8. The number of aryl methyl sites for hydroxylation is 2. The van der Waals surface area contributed by atoms with Crippen LogP contribution in [-0.4, -0.2) is 15.3 Å². The molecule has 0 unspecified atom stereocenters. The summed E-state index contributed by atoms with van der Waals surface area (Å²) < 4.78 is 5.44. The van der Waals surface area contributed by atoms with Gasteiger partial charge in [0.15, 0.2) is 0 Å². The first-order chi connectivity index (χ1) is 15.2. The van der Waals surface area contributed by atoms with Crippen molar-refractivity contribution in [2.24, 2.45) is 0 Å². The van der Waals surface area contributed by atoms with Crippen LogP contribution in [0, 0.1) is 0 Å². The van der Waals surface area contributed by atoms with E-state index in [0.29, 0.717) is 36.0 Å². The molecule has 168 valence electrons. The van der Waals surface area contributed by atoms with Gasteiger partial charge in [-0.1, -0.05) is 35.4 Å². The van der Waals surface area contributed by atoms with Crippen molar-refractivity contribution in [3.05, 3.63) is 87.0 Å². The van der Waals surface area contributed by atoms with Gasteiger partial charge in [-0.05, 0) is 81.7 Å². The minimum Gasteiger partial charge on any atom is -0.508 e. The monoisotopic (exact) mass is 434 g/mol. The third-order valence-corrected chi connectivity index (χ3v) is 5.50. The van der Waals surface area contributed by atoms with Crippen molar-refractivity contribution < 1.29 is 19.7 Å². The largest absolute Gasteiger partial charge is 0.508 e. The Morgan fingerprint density at radius 2 is 1.69 bits per heavy atom. The third kappa shape index (κ3) is 5.82. The number of allylic oxidation sites excluding steroid dienone is 4. The summed E-state index contributed by atoms with van der Waals surface area (Å²) in [5, 5.41) is 31.1. The Balaban J connectivity index is 1.82. The lowest BCUT2D eigenvalue weighted by molar-refractivity contribution is 0.437. The number of benzene rings is 2. The zero-order valence-electron chi connectivity index (χ0n) is 18.8. The lowest BCUT2D eigenvalue weighted by Gasteiger charge is -2.10. The maximum absolute atomic E-state index is 12.6. The molecule has 1 aromatic heterocycles. The van der Waals surface area contributed by atoms with Crippen molar-refractivity contribution in [3.63, 3.8) is 0 Å². The highest BCUT2D eigenvalue weighted by atomic mass is 16.4. The van der Waals surface area contributed by atoms with E-state index in [4.69, 9.17) is 4.42 Å². The van der Waals surface area contributed by atoms with E-state index >= 15 is 0 Å². The van der Waals surface area contributed by atoms with Crippen LogP contribution >= 0.6 is 0 Å². The van der Waals surface area contributed by atoms with E-state index in [1.54, 1.807) is 18.2 Å². The number of hydrogen-bond donors (Lipinski definition) is 3. The quantitative estimate of drug-likeness (QED) is 0.382. The predicted octanol–water partition coefficient (Wildman–Crippen LogP) is 5.93. The molecule has 0 atom stereocenters. The second-order valence-corrected chi connectivity index (χ2v) is 8.43. The van der Waals surface area contributed by atoms with Crippen LogP contribution in [-0.2, 0) is 19.3 Å². The standard InChI is InChI=1S/C27H30O5/c1-17(2)5-4-6-18(3)7-14-23-24(29)16-20-15-22(32-27(31)25(20)26(23)30)13-10-19-8-11-21(28)12-9-19/h5,7-9,11-12,15-16,28-30H,4,6,10,13-14H2,1-3H3/b18-7+. The van der Waals surface area contributed by atoms with Gasteiger partial charge >= 0.3 is 5.63 Å². The van der Waals surface area contributed by atoms with Gasteiger partial charge in [-0.25, -0.2) is 4.79 Å². The summed E-state index contributed by atoms with van der Waals surface area (Å²) in [6.07, 6.45) is 7.41. The van der Waals surface area contributed by atoms with Crippen LogP contribution in [0.3, 0.4) is 0 Å². The Labute approximate surface area is 188 Å². The van der Waals surface area contributed by atoms with Crippen molar-refractivity contribution >= 4 is 10.8 Å². The minimum atomic E-state index is -0.619. The Morgan fingerprint density at radius 1 is 0.969 bits per heavy atom. The highest BCUT2D eigenvalue weighted by Crippen LogP contribution is 2.35. The molecule has 3 aromatic rings. The number of hydrogen-bond acceptors (Lipinski definition) is 5. The molecule has 0 saturated carbocycles. The summed E-state index contributed by atoms with van der Waals surface area (Å²) in [5.74, 6) is 0.397. The van der Waals surface area contributed by atoms with Crippen LogP contribution in [0.1, 0.15) is 50.5 Å². The molecule has 3 N–H and O–H groups in total. The number of aromatic hydroxyl groups is 3. The van der Waals surface area contributed by atoms with Crippen LogP contribution in [0.15, 0.2) is 68.9 Å². The molecule has 0 aliphatic carbocycles. The molecule has 2 aromatic carbocycles. The second kappa shape index (κ2) is 10.2. The van der Waals surface area contributed by atoms with Crippen LogP contribution in [0.5, 0.6) is 17.2 Å². The molecule has 0 bridgehead atoms. The fourth-order valence-corrected chi connectivity index (χ4v) is 3.64. The van der Waals surface area contributed by atoms with Crippen LogP contribution < -0.4 is 5.63 Å². The SMILES string of the molecule is CC(C)=CCC/C(C)=C/Cc1c(O)cc2cc(CCc3ccc(O)cc3)oc(=O)c2c1O. The van der Waals surface area contributed by atoms with Crippen molar-refractivity contribution in [3.8, 4) is 17.2 Å². The maximum atomic E-state index is 12.6. The highest BCUT2D eigenvalue weighted by molar-refractivity contribution is 5.90. The van der Waals surface area contributed by atoms with Gasteiger partial charge in [0, 0.05) is 12.0 Å². The maximum Gasteiger partial charge on any atom is 0.347 e. The molecule has 5 heteroatoms. The zero-order valence-corrected chi connectivity index (χ0v) is 18.8. The highest BCUT2D eigenvalue weighted by Gasteiger charge is 2.16. The molecule has 32 heavy (non-hydrogen) atoms. The van der Waals surface area contributed by atoms with Crippen molar-refractivity contribution in [2.75, 3.05) is 0 Å². The number of rotatable bonds is 8. The number of phenolic OH excluding ortho intramolecular Hbond substituents is 3. The summed E-state index contributed by atoms with van der Waals surface area (Å²) in [6, 6.07) is 10.0. The van der Waals surface area contributed by atoms with Gasteiger partial charge < -0.3 is 19.7 Å². The van der Waals surface area contributed by atoms with Crippen molar-refractivity contribution in [1.29, 1.82) is 0 Å². The minimum absolute atomic E-state index is 0.0431. The van der Waals surface area contributed by atoms with Gasteiger partial charge in [-0.3, -0.25) is 0 Å². The van der Waals surface area contributed by atoms with E-state index in [2.05, 4.69) is 19.9 Å². The predicted molar refractivity (Wildman–Crippen MR) is 127 cm³/mol. The average Bonchev–Trinajstić information content (AvgIpc) is 2.72. The molecule has 0 spiro atoms. The lowest BCUT2D eigenvalue weighted by Crippen LogP contribution is -2.05. The molecule has 0 aliphatic rings. The molecule has 0 aliphatic heterocycles. The first kappa shape index (κ1) is 23.2. The van der Waals surface area contributed by atoms with E-state index in [9.17, 15) is 20.1 Å². The molecule has 0 radical (unpaired) electrons. The molecule has 3 rings (SSSR count). The summed E-state index contributed by atoms with van der Waals surface area (Å²) in [7, 11) is 0. The van der Waals surface area contributed by atoms with E-state index in [0.717, 1.165) is 24.0 Å². The lowest BCUT2D eigenvalue weighted by atomic mass is 10.0. The van der Waals surface area contributed by atoms with Crippen LogP contribution in [0.2, 0.25) is 0 Å². The normalized spacial score (nSPS) is 11.7. The Bertz CT molecular complexity index is 1210. The first-order valence-corrected chi connectivity index (χ1v) is 10.8. The van der Waals surface area contributed by atoms with Gasteiger partial charge in [0.2, 0.25) is 0 Å². The van der Waals surface area contributed by atoms with Gasteiger partial charge in [0.25, 0.3) is 0 Å². The number of phenols is 3. The summed E-state index contributed by atoms with van der Waals surface area (Å²) in [6.45, 7) is 6.14. The summed E-state index contributed by atoms with van der Waals surface area (Å²) in [5.41, 5.74) is 3.13. The van der Waals surface area contributed by atoms with Crippen LogP contribution in [0.4, 0.5) is 0 Å². The molecule has 5 nitrogen and oxygen atoms in total. The summed E-state index contributed by atoms with van der Waals surface area (Å²) in [4.78, 5) is 12.6. The molecule has 0 fully saturated rings. The summed E-state index contributed by atoms with van der Waals surface area (Å²) >= 11 is 0. The van der Waals surface area contributed by atoms with Crippen molar-refractivity contribution in [1.82, 2.24) is 0 Å². The van der Waals surface area contributed by atoms with Gasteiger partial charge in [-0.2, -0.15) is 0 Å². The fraction of sp³-hybridized carbons (Fsp3) is 0.296. The van der Waals surface area contributed by atoms with E-state index in [1.807, 2.05) is 25.1 Å². The Hall–Kier alpha value is -3.47. The molecule has 1 heterocycles. The average molecular weight is 435 g/mol. The van der Waals surface area contributed by atoms with Crippen molar-refractivity contribution in [2.45, 2.75) is 52.9 Å². The second-order valence-electron chi connectivity index (χ2n) is 8.43. The Morgan fingerprint density at radius 3 is 2.38 bits per heavy atom. The molecular formula is C27H30O5. The van der Waals surface area contributed by atoms with Crippen LogP contribution in [0.25, 0.3) is 10.8 Å². The topological polar surface area (TPSA) is 90.9 Å². The molecular weight excluding hydrogens is 404 g/mol. The van der Waals surface area contributed by atoms with Gasteiger partial charge in [-0.15, -0.1) is 0 Å².